The lowest BCUT2D eigenvalue weighted by Gasteiger charge is -2.20. The first kappa shape index (κ1) is 15.5. The normalized spacial score (nSPS) is 13.1. The van der Waals surface area contributed by atoms with E-state index in [4.69, 9.17) is 5.73 Å². The van der Waals surface area contributed by atoms with E-state index in [0.29, 0.717) is 19.5 Å². The van der Waals surface area contributed by atoms with Crippen molar-refractivity contribution < 1.29 is 18.0 Å². The van der Waals surface area contributed by atoms with Gasteiger partial charge < -0.3 is 11.1 Å². The Labute approximate surface area is 110 Å². The maximum absolute atomic E-state index is 13.0. The van der Waals surface area contributed by atoms with Crippen LogP contribution in [0.4, 0.5) is 13.2 Å². The highest BCUT2D eigenvalue weighted by Gasteiger charge is 2.41. The molecule has 19 heavy (non-hydrogen) atoms. The average molecular weight is 274 g/mol. The summed E-state index contributed by atoms with van der Waals surface area (Å²) in [5.74, 6) is -2.38. The number of nitrogens with two attached hydrogens (primary N) is 1. The maximum atomic E-state index is 13.0. The fourth-order valence-corrected chi connectivity index (χ4v) is 1.70. The number of hydrogen-bond donors (Lipinski definition) is 2. The van der Waals surface area contributed by atoms with Crippen molar-refractivity contribution in [1.82, 2.24) is 5.32 Å². The highest BCUT2D eigenvalue weighted by atomic mass is 19.4. The number of carbonyl (C=O) groups is 1. The minimum Gasteiger partial charge on any atom is -0.356 e. The van der Waals surface area contributed by atoms with Gasteiger partial charge in [0.05, 0.1) is 5.92 Å². The van der Waals surface area contributed by atoms with Crippen molar-refractivity contribution in [3.05, 3.63) is 35.9 Å². The number of hydrogen-bond acceptors (Lipinski definition) is 2. The summed E-state index contributed by atoms with van der Waals surface area (Å²) >= 11 is 0. The van der Waals surface area contributed by atoms with Gasteiger partial charge in [0.25, 0.3) is 0 Å². The minimum atomic E-state index is -4.44. The lowest BCUT2D eigenvalue weighted by Crippen LogP contribution is -2.31. The van der Waals surface area contributed by atoms with Crippen LogP contribution in [-0.2, 0) is 4.79 Å². The van der Waals surface area contributed by atoms with Crippen LogP contribution in [0.1, 0.15) is 24.3 Å². The molecule has 0 radical (unpaired) electrons. The van der Waals surface area contributed by atoms with E-state index in [0.717, 1.165) is 0 Å². The van der Waals surface area contributed by atoms with E-state index in [1.54, 1.807) is 6.07 Å². The Kier molecular flexibility index (Phi) is 5.82. The molecule has 3 nitrogen and oxygen atoms in total. The quantitative estimate of drug-likeness (QED) is 0.781. The molecule has 0 saturated carbocycles. The summed E-state index contributed by atoms with van der Waals surface area (Å²) in [6, 6.07) is 7.45. The van der Waals surface area contributed by atoms with Crippen molar-refractivity contribution in [1.29, 1.82) is 0 Å². The van der Waals surface area contributed by atoms with Crippen LogP contribution < -0.4 is 11.1 Å². The van der Waals surface area contributed by atoms with Gasteiger partial charge in [0.2, 0.25) is 5.91 Å². The van der Waals surface area contributed by atoms with Crippen molar-refractivity contribution >= 4 is 5.91 Å². The van der Waals surface area contributed by atoms with Gasteiger partial charge in [-0.1, -0.05) is 30.3 Å². The summed E-state index contributed by atoms with van der Waals surface area (Å²) in [5, 5.41) is 2.44. The third kappa shape index (κ3) is 5.30. The molecule has 106 valence electrons. The van der Waals surface area contributed by atoms with Gasteiger partial charge in [-0.2, -0.15) is 13.2 Å². The lowest BCUT2D eigenvalue weighted by molar-refractivity contribution is -0.157. The lowest BCUT2D eigenvalue weighted by atomic mass is 9.95. The SMILES string of the molecule is NCCCNC(=O)CC(c1ccccc1)C(F)(F)F. The Balaban J connectivity index is 2.69. The number of alkyl halides is 3. The van der Waals surface area contributed by atoms with Crippen LogP contribution in [0.5, 0.6) is 0 Å². The second-order valence-corrected chi connectivity index (χ2v) is 4.20. The molecular weight excluding hydrogens is 257 g/mol. The molecule has 1 rings (SSSR count). The van der Waals surface area contributed by atoms with Crippen molar-refractivity contribution in [2.45, 2.75) is 24.9 Å². The topological polar surface area (TPSA) is 55.1 Å². The first-order valence-electron chi connectivity index (χ1n) is 6.03. The molecule has 1 atom stereocenters. The third-order valence-electron chi connectivity index (χ3n) is 2.69. The van der Waals surface area contributed by atoms with Gasteiger partial charge in [0.1, 0.15) is 0 Å². The summed E-state index contributed by atoms with van der Waals surface area (Å²) in [5.41, 5.74) is 5.35. The van der Waals surface area contributed by atoms with Crippen LogP contribution in [0.3, 0.4) is 0 Å². The van der Waals surface area contributed by atoms with Gasteiger partial charge in [-0.3, -0.25) is 4.79 Å². The molecule has 0 spiro atoms. The number of rotatable bonds is 6. The van der Waals surface area contributed by atoms with Crippen LogP contribution in [0.25, 0.3) is 0 Å². The fraction of sp³-hybridized carbons (Fsp3) is 0.462. The highest BCUT2D eigenvalue weighted by molar-refractivity contribution is 5.77. The predicted molar refractivity (Wildman–Crippen MR) is 66.5 cm³/mol. The number of carbonyl (C=O) groups excluding carboxylic acids is 1. The van der Waals surface area contributed by atoms with Crippen molar-refractivity contribution in [3.63, 3.8) is 0 Å². The first-order chi connectivity index (χ1) is 8.95. The van der Waals surface area contributed by atoms with Crippen LogP contribution in [0.15, 0.2) is 30.3 Å². The second-order valence-electron chi connectivity index (χ2n) is 4.20. The monoisotopic (exact) mass is 274 g/mol. The molecule has 0 bridgehead atoms. The Morgan fingerprint density at radius 3 is 2.42 bits per heavy atom. The molecule has 1 aromatic rings. The number of halogens is 3. The maximum Gasteiger partial charge on any atom is 0.396 e. The highest BCUT2D eigenvalue weighted by Crippen LogP contribution is 2.37. The van der Waals surface area contributed by atoms with Gasteiger partial charge in [-0.25, -0.2) is 0 Å². The zero-order valence-electron chi connectivity index (χ0n) is 10.4. The van der Waals surface area contributed by atoms with Crippen LogP contribution in [0, 0.1) is 0 Å². The summed E-state index contributed by atoms with van der Waals surface area (Å²) in [6.45, 7) is 0.691. The predicted octanol–water partition coefficient (Wildman–Crippen LogP) is 2.19. The first-order valence-corrected chi connectivity index (χ1v) is 6.03. The van der Waals surface area contributed by atoms with Gasteiger partial charge in [0.15, 0.2) is 0 Å². The average Bonchev–Trinajstić information content (AvgIpc) is 2.36. The van der Waals surface area contributed by atoms with E-state index in [1.165, 1.54) is 24.3 Å². The fourth-order valence-electron chi connectivity index (χ4n) is 1.70. The molecule has 1 aromatic carbocycles. The molecule has 0 aliphatic rings. The molecule has 0 saturated heterocycles. The summed E-state index contributed by atoms with van der Waals surface area (Å²) < 4.78 is 38.9. The van der Waals surface area contributed by atoms with Crippen LogP contribution >= 0.6 is 0 Å². The molecular formula is C13H17F3N2O. The molecule has 6 heteroatoms. The summed E-state index contributed by atoms with van der Waals surface area (Å²) in [7, 11) is 0. The van der Waals surface area contributed by atoms with Crippen LogP contribution in [-0.4, -0.2) is 25.2 Å². The van der Waals surface area contributed by atoms with E-state index < -0.39 is 24.4 Å². The molecule has 1 amide bonds. The van der Waals surface area contributed by atoms with Gasteiger partial charge in [-0.05, 0) is 18.5 Å². The number of benzene rings is 1. The van der Waals surface area contributed by atoms with E-state index in [2.05, 4.69) is 5.32 Å². The molecule has 0 aliphatic carbocycles. The van der Waals surface area contributed by atoms with Gasteiger partial charge in [0, 0.05) is 13.0 Å². The molecule has 1 unspecified atom stereocenters. The minimum absolute atomic E-state index is 0.101. The van der Waals surface area contributed by atoms with E-state index in [-0.39, 0.29) is 5.56 Å². The molecule has 0 aliphatic heterocycles. The van der Waals surface area contributed by atoms with Gasteiger partial charge in [-0.15, -0.1) is 0 Å². The van der Waals surface area contributed by atoms with E-state index in [9.17, 15) is 18.0 Å². The Hall–Kier alpha value is -1.56. The summed E-state index contributed by atoms with van der Waals surface area (Å²) in [4.78, 5) is 11.5. The van der Waals surface area contributed by atoms with E-state index >= 15 is 0 Å². The second kappa shape index (κ2) is 7.13. The van der Waals surface area contributed by atoms with Crippen molar-refractivity contribution in [3.8, 4) is 0 Å². The number of nitrogens with one attached hydrogen (secondary N) is 1. The Morgan fingerprint density at radius 2 is 1.89 bits per heavy atom. The molecule has 3 N–H and O–H groups in total. The Bertz CT molecular complexity index is 393. The Morgan fingerprint density at radius 1 is 1.26 bits per heavy atom. The molecule has 0 heterocycles. The largest absolute Gasteiger partial charge is 0.396 e. The van der Waals surface area contributed by atoms with Gasteiger partial charge >= 0.3 is 6.18 Å². The van der Waals surface area contributed by atoms with Crippen LogP contribution in [0.2, 0.25) is 0 Å². The zero-order chi connectivity index (χ0) is 14.3. The number of amides is 1. The smallest absolute Gasteiger partial charge is 0.356 e. The molecule has 0 aromatic heterocycles. The summed E-state index contributed by atoms with van der Waals surface area (Å²) in [6.07, 6.45) is -4.49. The zero-order valence-corrected chi connectivity index (χ0v) is 10.4. The van der Waals surface area contributed by atoms with E-state index in [1.807, 2.05) is 0 Å². The standard InChI is InChI=1S/C13H17F3N2O/c14-13(15,16)11(10-5-2-1-3-6-10)9-12(19)18-8-4-7-17/h1-3,5-6,11H,4,7-9,17H2,(H,18,19). The van der Waals surface area contributed by atoms with Crippen molar-refractivity contribution in [2.75, 3.05) is 13.1 Å². The van der Waals surface area contributed by atoms with Crippen molar-refractivity contribution in [2.24, 2.45) is 5.73 Å². The molecule has 0 fully saturated rings. The third-order valence-corrected chi connectivity index (χ3v) is 2.69.